The number of rotatable bonds is 42. The van der Waals surface area contributed by atoms with Crippen LogP contribution in [0.4, 0.5) is 0 Å². The Labute approximate surface area is 363 Å². The van der Waals surface area contributed by atoms with Gasteiger partial charge in [0.05, 0.1) is 13.2 Å². The number of aliphatic hydroxyl groups excluding tert-OH is 1. The molecular weight excluding hydrogens is 781 g/mol. The molecule has 0 aliphatic carbocycles. The molecule has 11 nitrogen and oxygen atoms in total. The first-order chi connectivity index (χ1) is 29.1. The molecule has 0 saturated carbocycles. The minimum atomic E-state index is -4.77. The molecule has 0 saturated heterocycles. The maximum Gasteiger partial charge on any atom is 0.472 e. The Balaban J connectivity index is 3.90. The summed E-state index contributed by atoms with van der Waals surface area (Å²) in [6.07, 6.45) is 50.8. The van der Waals surface area contributed by atoms with Crippen molar-refractivity contribution in [2.45, 2.75) is 193 Å². The van der Waals surface area contributed by atoms with Crippen LogP contribution >= 0.6 is 7.82 Å². The van der Waals surface area contributed by atoms with Crippen molar-refractivity contribution in [1.82, 2.24) is 5.32 Å². The molecule has 0 aliphatic heterocycles. The molecule has 0 rings (SSSR count). The lowest BCUT2D eigenvalue weighted by Gasteiger charge is -2.18. The zero-order valence-electron chi connectivity index (χ0n) is 37.2. The Morgan fingerprint density at radius 1 is 0.550 bits per heavy atom. The van der Waals surface area contributed by atoms with Crippen LogP contribution in [0.2, 0.25) is 0 Å². The smallest absolute Gasteiger partial charge is 0.472 e. The van der Waals surface area contributed by atoms with Gasteiger partial charge in [0.15, 0.2) is 6.04 Å². The van der Waals surface area contributed by atoms with E-state index in [1.165, 1.54) is 77.0 Å². The SMILES string of the molecule is CC/C=C\C/C=C\C/C=C\C/C=C\CCCCC(=O)NC(COP(=O)(O)OCC(O)COC(=O)CCCCCCCCCCCCC/C=C\C/C=C\CCCCC)C(=O)O. The molecule has 0 aromatic rings. The molecule has 0 spiro atoms. The van der Waals surface area contributed by atoms with Crippen molar-refractivity contribution in [3.05, 3.63) is 72.9 Å². The van der Waals surface area contributed by atoms with E-state index in [4.69, 9.17) is 13.8 Å². The Morgan fingerprint density at radius 3 is 1.47 bits per heavy atom. The lowest BCUT2D eigenvalue weighted by molar-refractivity contribution is -0.147. The average molecular weight is 864 g/mol. The predicted molar refractivity (Wildman–Crippen MR) is 244 cm³/mol. The summed E-state index contributed by atoms with van der Waals surface area (Å²) in [7, 11) is -4.77. The maximum atomic E-state index is 12.3. The Kier molecular flexibility index (Phi) is 40.4. The molecule has 60 heavy (non-hydrogen) atoms. The molecule has 0 heterocycles. The number of amides is 1. The molecule has 12 heteroatoms. The van der Waals surface area contributed by atoms with Crippen molar-refractivity contribution in [2.24, 2.45) is 0 Å². The minimum absolute atomic E-state index is 0.0900. The topological polar surface area (TPSA) is 169 Å². The summed E-state index contributed by atoms with van der Waals surface area (Å²) in [5.74, 6) is -2.44. The molecule has 1 amide bonds. The van der Waals surface area contributed by atoms with Gasteiger partial charge in [0.25, 0.3) is 0 Å². The second-order valence-corrected chi connectivity index (χ2v) is 16.7. The van der Waals surface area contributed by atoms with Crippen LogP contribution in [0.15, 0.2) is 72.9 Å². The number of aliphatic hydroxyl groups is 1. The zero-order chi connectivity index (χ0) is 44.2. The molecule has 0 aromatic heterocycles. The number of hydrogen-bond acceptors (Lipinski definition) is 8. The van der Waals surface area contributed by atoms with Crippen LogP contribution in [0.1, 0.15) is 181 Å². The van der Waals surface area contributed by atoms with Crippen molar-refractivity contribution < 1.29 is 47.8 Å². The number of nitrogens with one attached hydrogen (secondary N) is 1. The summed E-state index contributed by atoms with van der Waals surface area (Å²) < 4.78 is 26.8. The van der Waals surface area contributed by atoms with Crippen LogP contribution in [0.25, 0.3) is 0 Å². The van der Waals surface area contributed by atoms with Crippen LogP contribution in [0.3, 0.4) is 0 Å². The van der Waals surface area contributed by atoms with E-state index in [9.17, 15) is 34.1 Å². The summed E-state index contributed by atoms with van der Waals surface area (Å²) >= 11 is 0. The van der Waals surface area contributed by atoms with E-state index in [0.29, 0.717) is 12.8 Å². The molecule has 3 unspecified atom stereocenters. The molecule has 0 aliphatic rings. The van der Waals surface area contributed by atoms with Crippen molar-refractivity contribution >= 4 is 25.7 Å². The normalized spacial score (nSPS) is 14.3. The quantitative estimate of drug-likeness (QED) is 0.0201. The van der Waals surface area contributed by atoms with E-state index in [2.05, 4.69) is 86.0 Å². The van der Waals surface area contributed by atoms with Crippen LogP contribution in [0.5, 0.6) is 0 Å². The van der Waals surface area contributed by atoms with Gasteiger partial charge in [-0.3, -0.25) is 18.6 Å². The Bertz CT molecular complexity index is 1290. The summed E-state index contributed by atoms with van der Waals surface area (Å²) in [5, 5.41) is 21.8. The monoisotopic (exact) mass is 864 g/mol. The Morgan fingerprint density at radius 2 is 0.967 bits per heavy atom. The first-order valence-electron chi connectivity index (χ1n) is 23.0. The van der Waals surface area contributed by atoms with Gasteiger partial charge in [-0.1, -0.05) is 157 Å². The third kappa shape index (κ3) is 41.6. The number of carboxylic acids is 1. The molecule has 0 radical (unpaired) electrons. The van der Waals surface area contributed by atoms with Crippen molar-refractivity contribution in [2.75, 3.05) is 19.8 Å². The molecule has 0 aromatic carbocycles. The van der Waals surface area contributed by atoms with Gasteiger partial charge in [0.1, 0.15) is 12.7 Å². The highest BCUT2D eigenvalue weighted by Gasteiger charge is 2.28. The second kappa shape index (κ2) is 42.6. The Hall–Kier alpha value is -3.08. The van der Waals surface area contributed by atoms with Crippen LogP contribution in [-0.2, 0) is 32.7 Å². The third-order valence-corrected chi connectivity index (χ3v) is 10.4. The number of carboxylic acid groups (broad SMARTS) is 1. The van der Waals surface area contributed by atoms with Crippen molar-refractivity contribution in [3.8, 4) is 0 Å². The highest BCUT2D eigenvalue weighted by Crippen LogP contribution is 2.43. The van der Waals surface area contributed by atoms with E-state index in [0.717, 1.165) is 64.2 Å². The van der Waals surface area contributed by atoms with Crippen LogP contribution in [0, 0.1) is 0 Å². The van der Waals surface area contributed by atoms with Gasteiger partial charge in [0, 0.05) is 12.8 Å². The fourth-order valence-corrected chi connectivity index (χ4v) is 6.70. The number of unbranched alkanes of at least 4 members (excludes halogenated alkanes) is 16. The first-order valence-corrected chi connectivity index (χ1v) is 24.5. The number of carbonyl (C=O) groups is 3. The fourth-order valence-electron chi connectivity index (χ4n) is 5.92. The zero-order valence-corrected chi connectivity index (χ0v) is 38.1. The van der Waals surface area contributed by atoms with E-state index >= 15 is 0 Å². The first kappa shape index (κ1) is 56.9. The van der Waals surface area contributed by atoms with Crippen molar-refractivity contribution in [1.29, 1.82) is 0 Å². The lowest BCUT2D eigenvalue weighted by Crippen LogP contribution is -2.43. The van der Waals surface area contributed by atoms with E-state index < -0.39 is 57.6 Å². The number of aliphatic carboxylic acids is 1. The minimum Gasteiger partial charge on any atom is -0.480 e. The average Bonchev–Trinajstić information content (AvgIpc) is 3.22. The largest absolute Gasteiger partial charge is 0.480 e. The van der Waals surface area contributed by atoms with E-state index in [1.54, 1.807) is 0 Å². The van der Waals surface area contributed by atoms with E-state index in [1.807, 2.05) is 6.08 Å². The second-order valence-electron chi connectivity index (χ2n) is 15.2. The van der Waals surface area contributed by atoms with Gasteiger partial charge >= 0.3 is 19.8 Å². The van der Waals surface area contributed by atoms with Gasteiger partial charge in [0.2, 0.25) is 5.91 Å². The third-order valence-electron chi connectivity index (χ3n) is 9.48. The summed E-state index contributed by atoms with van der Waals surface area (Å²) in [6, 6.07) is -1.57. The van der Waals surface area contributed by atoms with E-state index in [-0.39, 0.29) is 12.8 Å². The molecular formula is C48H82NO10P. The number of esters is 1. The number of hydrogen-bond donors (Lipinski definition) is 4. The van der Waals surface area contributed by atoms with Crippen LogP contribution in [-0.4, -0.2) is 64.9 Å². The van der Waals surface area contributed by atoms with Crippen molar-refractivity contribution in [3.63, 3.8) is 0 Å². The highest BCUT2D eigenvalue weighted by molar-refractivity contribution is 7.47. The van der Waals surface area contributed by atoms with Crippen LogP contribution < -0.4 is 5.32 Å². The highest BCUT2D eigenvalue weighted by atomic mass is 31.2. The number of phosphoric ester groups is 1. The van der Waals surface area contributed by atoms with Gasteiger partial charge in [-0.05, 0) is 83.5 Å². The summed E-state index contributed by atoms with van der Waals surface area (Å²) in [4.78, 5) is 45.9. The predicted octanol–water partition coefficient (Wildman–Crippen LogP) is 12.1. The fraction of sp³-hybridized carbons (Fsp3) is 0.688. The standard InChI is InChI=1S/C48H82NO10P/c1-3-5-7-9-11-13-15-17-19-20-21-22-23-24-26-28-30-32-34-36-38-40-47(52)57-41-44(50)42-58-60(55,56)59-43-45(48(53)54)49-46(51)39-37-35-33-31-29-27-25-18-16-14-12-10-8-6-4-2/h6,8,11-14,17-19,25,29,31,44-45,50H,3-5,7,9-10,15-16,20-24,26-28,30,32-43H2,1-2H3,(H,49,51)(H,53,54)(H,55,56)/b8-6-,13-11-,14-12-,19-17-,25-18-,31-29-. The number of phosphoric acid groups is 1. The van der Waals surface area contributed by atoms with Gasteiger partial charge in [-0.2, -0.15) is 0 Å². The molecule has 344 valence electrons. The van der Waals surface area contributed by atoms with Gasteiger partial charge < -0.3 is 25.2 Å². The molecule has 4 N–H and O–H groups in total. The number of carbonyl (C=O) groups excluding carboxylic acids is 2. The maximum absolute atomic E-state index is 12.3. The summed E-state index contributed by atoms with van der Waals surface area (Å²) in [5.41, 5.74) is 0. The molecule has 0 bridgehead atoms. The molecule has 0 fully saturated rings. The molecule has 3 atom stereocenters. The number of allylic oxidation sites excluding steroid dienone is 12. The number of ether oxygens (including phenoxy) is 1. The van der Waals surface area contributed by atoms with Gasteiger partial charge in [-0.25, -0.2) is 9.36 Å². The van der Waals surface area contributed by atoms with Gasteiger partial charge in [-0.15, -0.1) is 0 Å². The summed E-state index contributed by atoms with van der Waals surface area (Å²) in [6.45, 7) is 2.42. The lowest BCUT2D eigenvalue weighted by atomic mass is 10.0.